The van der Waals surface area contributed by atoms with Crippen LogP contribution >= 0.6 is 0 Å². The standard InChI is InChI=1S/C23H26N6O3/c1-15-10-25-26(2)20(15)9-21(30)28-11-17-8-7-16(28)12-29(17)22(31)13-27-14-24-19-6-4-3-5-18(19)23(27)32/h3-6,10,14,16-17H,7-9,11-13H2,1-2H3. The molecular weight excluding hydrogens is 408 g/mol. The van der Waals surface area contributed by atoms with E-state index in [0.717, 1.165) is 24.1 Å². The summed E-state index contributed by atoms with van der Waals surface area (Å²) in [5.41, 5.74) is 2.34. The number of rotatable bonds is 4. The van der Waals surface area contributed by atoms with Crippen LogP contribution in [0.3, 0.4) is 0 Å². The lowest BCUT2D eigenvalue weighted by Gasteiger charge is -2.51. The molecule has 3 saturated heterocycles. The molecule has 6 rings (SSSR count). The maximum Gasteiger partial charge on any atom is 0.261 e. The van der Waals surface area contributed by atoms with E-state index in [-0.39, 0.29) is 36.0 Å². The first-order valence-corrected chi connectivity index (χ1v) is 10.9. The van der Waals surface area contributed by atoms with E-state index >= 15 is 0 Å². The van der Waals surface area contributed by atoms with Gasteiger partial charge in [-0.25, -0.2) is 4.98 Å². The fraction of sp³-hybridized carbons (Fsp3) is 0.435. The van der Waals surface area contributed by atoms with Crippen molar-refractivity contribution in [3.8, 4) is 0 Å². The van der Waals surface area contributed by atoms with Gasteiger partial charge in [0.1, 0.15) is 6.54 Å². The van der Waals surface area contributed by atoms with Crippen LogP contribution in [0.25, 0.3) is 10.9 Å². The molecular formula is C23H26N6O3. The number of aromatic nitrogens is 4. The minimum atomic E-state index is -0.213. The third kappa shape index (κ3) is 3.47. The number of piperazine rings is 1. The zero-order valence-corrected chi connectivity index (χ0v) is 18.3. The molecule has 0 aliphatic carbocycles. The van der Waals surface area contributed by atoms with E-state index in [2.05, 4.69) is 10.1 Å². The van der Waals surface area contributed by atoms with Crippen LogP contribution in [-0.2, 0) is 29.6 Å². The van der Waals surface area contributed by atoms with Gasteiger partial charge >= 0.3 is 0 Å². The van der Waals surface area contributed by atoms with Crippen LogP contribution in [0, 0.1) is 6.92 Å². The Bertz CT molecular complexity index is 1240. The predicted molar refractivity (Wildman–Crippen MR) is 118 cm³/mol. The fourth-order valence-corrected chi connectivity index (χ4v) is 4.97. The third-order valence-electron chi connectivity index (χ3n) is 6.80. The van der Waals surface area contributed by atoms with E-state index in [1.54, 1.807) is 29.1 Å². The molecule has 0 spiro atoms. The van der Waals surface area contributed by atoms with E-state index < -0.39 is 0 Å². The second kappa shape index (κ2) is 7.89. The second-order valence-corrected chi connectivity index (χ2v) is 8.75. The Morgan fingerprint density at radius 2 is 1.75 bits per heavy atom. The van der Waals surface area contributed by atoms with E-state index in [9.17, 15) is 14.4 Å². The Morgan fingerprint density at radius 3 is 2.41 bits per heavy atom. The third-order valence-corrected chi connectivity index (χ3v) is 6.80. The molecule has 3 aromatic rings. The Balaban J connectivity index is 1.28. The van der Waals surface area contributed by atoms with Gasteiger partial charge in [-0.2, -0.15) is 5.10 Å². The van der Waals surface area contributed by atoms with Gasteiger partial charge in [0.15, 0.2) is 0 Å². The first-order chi connectivity index (χ1) is 15.4. The quantitative estimate of drug-likeness (QED) is 0.608. The number of amides is 2. The van der Waals surface area contributed by atoms with Crippen LogP contribution in [0.15, 0.2) is 41.6 Å². The predicted octanol–water partition coefficient (Wildman–Crippen LogP) is 0.883. The van der Waals surface area contributed by atoms with Crippen LogP contribution in [-0.4, -0.2) is 66.1 Å². The summed E-state index contributed by atoms with van der Waals surface area (Å²) in [6, 6.07) is 7.12. The topological polar surface area (TPSA) is 93.3 Å². The monoisotopic (exact) mass is 434 g/mol. The van der Waals surface area contributed by atoms with E-state index in [4.69, 9.17) is 0 Å². The van der Waals surface area contributed by atoms with Crippen molar-refractivity contribution in [2.24, 2.45) is 7.05 Å². The van der Waals surface area contributed by atoms with Gasteiger partial charge in [0.05, 0.1) is 35.5 Å². The molecule has 0 N–H and O–H groups in total. The zero-order valence-electron chi connectivity index (χ0n) is 18.3. The van der Waals surface area contributed by atoms with Gasteiger partial charge in [-0.05, 0) is 37.5 Å². The lowest BCUT2D eigenvalue weighted by Crippen LogP contribution is -2.65. The van der Waals surface area contributed by atoms with Gasteiger partial charge in [-0.3, -0.25) is 23.6 Å². The molecule has 0 radical (unpaired) electrons. The Hall–Kier alpha value is -3.49. The number of hydrogen-bond donors (Lipinski definition) is 0. The first-order valence-electron chi connectivity index (χ1n) is 10.9. The Labute approximate surface area is 185 Å². The summed E-state index contributed by atoms with van der Waals surface area (Å²) in [6.07, 6.45) is 5.29. The number of fused-ring (bicyclic) bond motifs is 4. The zero-order chi connectivity index (χ0) is 22.4. The average Bonchev–Trinajstić information content (AvgIpc) is 3.13. The fourth-order valence-electron chi connectivity index (χ4n) is 4.97. The molecule has 2 amide bonds. The summed E-state index contributed by atoms with van der Waals surface area (Å²) in [4.78, 5) is 46.9. The lowest BCUT2D eigenvalue weighted by molar-refractivity contribution is -0.152. The molecule has 1 aromatic carbocycles. The van der Waals surface area contributed by atoms with Crippen molar-refractivity contribution in [2.75, 3.05) is 13.1 Å². The molecule has 166 valence electrons. The molecule has 9 heteroatoms. The lowest BCUT2D eigenvalue weighted by atomic mass is 9.90. The minimum Gasteiger partial charge on any atom is -0.336 e. The SMILES string of the molecule is Cc1cnn(C)c1CC(=O)N1CC2CCC1CN2C(=O)Cn1cnc2ccccc2c1=O. The number of carbonyl (C=O) groups excluding carboxylic acids is 2. The molecule has 3 aliphatic rings. The highest BCUT2D eigenvalue weighted by molar-refractivity contribution is 5.81. The average molecular weight is 435 g/mol. The summed E-state index contributed by atoms with van der Waals surface area (Å²) in [5, 5.41) is 4.73. The smallest absolute Gasteiger partial charge is 0.261 e. The van der Waals surface area contributed by atoms with E-state index in [0.29, 0.717) is 30.4 Å². The molecule has 2 aromatic heterocycles. The maximum absolute atomic E-state index is 13.1. The van der Waals surface area contributed by atoms with Gasteiger partial charge in [-0.1, -0.05) is 12.1 Å². The molecule has 5 heterocycles. The van der Waals surface area contributed by atoms with Crippen molar-refractivity contribution < 1.29 is 9.59 Å². The molecule has 0 saturated carbocycles. The van der Waals surface area contributed by atoms with Crippen LogP contribution in [0.2, 0.25) is 0 Å². The summed E-state index contributed by atoms with van der Waals surface area (Å²) in [7, 11) is 1.85. The highest BCUT2D eigenvalue weighted by atomic mass is 16.2. The normalized spacial score (nSPS) is 20.2. The number of hydrogen-bond acceptors (Lipinski definition) is 5. The van der Waals surface area contributed by atoms with E-state index in [1.807, 2.05) is 29.8 Å². The van der Waals surface area contributed by atoms with Crippen LogP contribution < -0.4 is 5.56 Å². The highest BCUT2D eigenvalue weighted by Crippen LogP contribution is 2.30. The maximum atomic E-state index is 13.1. The summed E-state index contributed by atoms with van der Waals surface area (Å²) in [6.45, 7) is 2.97. The number of carbonyl (C=O) groups is 2. The number of para-hydroxylation sites is 1. The molecule has 2 bridgehead atoms. The van der Waals surface area contributed by atoms with Gasteiger partial charge in [0.2, 0.25) is 11.8 Å². The van der Waals surface area contributed by atoms with Crippen LogP contribution in [0.4, 0.5) is 0 Å². The minimum absolute atomic E-state index is 0.0106. The Morgan fingerprint density at radius 1 is 1.06 bits per heavy atom. The number of nitrogens with zero attached hydrogens (tertiary/aromatic N) is 6. The van der Waals surface area contributed by atoms with Gasteiger partial charge < -0.3 is 9.80 Å². The van der Waals surface area contributed by atoms with Crippen molar-refractivity contribution >= 4 is 22.7 Å². The van der Waals surface area contributed by atoms with Gasteiger partial charge in [0.25, 0.3) is 5.56 Å². The van der Waals surface area contributed by atoms with Crippen LogP contribution in [0.1, 0.15) is 24.1 Å². The largest absolute Gasteiger partial charge is 0.336 e. The molecule has 32 heavy (non-hydrogen) atoms. The van der Waals surface area contributed by atoms with Gasteiger partial charge in [-0.15, -0.1) is 0 Å². The molecule has 2 unspecified atom stereocenters. The van der Waals surface area contributed by atoms with Crippen molar-refractivity contribution in [1.29, 1.82) is 0 Å². The van der Waals surface area contributed by atoms with Crippen molar-refractivity contribution in [3.05, 3.63) is 58.4 Å². The van der Waals surface area contributed by atoms with Crippen molar-refractivity contribution in [3.63, 3.8) is 0 Å². The molecule has 2 atom stereocenters. The number of aryl methyl sites for hydroxylation is 2. The number of piperidine rings is 2. The summed E-state index contributed by atoms with van der Waals surface area (Å²) < 4.78 is 3.13. The molecule has 3 aliphatic heterocycles. The van der Waals surface area contributed by atoms with Crippen molar-refractivity contribution in [2.45, 2.75) is 44.8 Å². The summed E-state index contributed by atoms with van der Waals surface area (Å²) in [5.74, 6) is -0.0260. The second-order valence-electron chi connectivity index (χ2n) is 8.75. The van der Waals surface area contributed by atoms with Crippen LogP contribution in [0.5, 0.6) is 0 Å². The van der Waals surface area contributed by atoms with Crippen molar-refractivity contribution in [1.82, 2.24) is 29.1 Å². The number of benzene rings is 1. The van der Waals surface area contributed by atoms with E-state index in [1.165, 1.54) is 10.9 Å². The molecule has 9 nitrogen and oxygen atoms in total. The van der Waals surface area contributed by atoms with Gasteiger partial charge in [0, 0.05) is 32.2 Å². The molecule has 3 fully saturated rings. The Kier molecular flexibility index (Phi) is 5.03. The first kappa shape index (κ1) is 20.4. The highest BCUT2D eigenvalue weighted by Gasteiger charge is 2.42. The summed E-state index contributed by atoms with van der Waals surface area (Å²) >= 11 is 0.